The maximum absolute atomic E-state index is 11.6. The zero-order valence-electron chi connectivity index (χ0n) is 7.69. The predicted molar refractivity (Wildman–Crippen MR) is 50.1 cm³/mol. The molecule has 1 nitrogen and oxygen atoms in total. The number of allylic oxidation sites excluding steroid dienone is 1. The van der Waals surface area contributed by atoms with E-state index in [9.17, 15) is 4.39 Å². The second kappa shape index (κ2) is 8.57. The van der Waals surface area contributed by atoms with Gasteiger partial charge in [0.25, 0.3) is 0 Å². The van der Waals surface area contributed by atoms with E-state index in [1.807, 2.05) is 0 Å². The quantitative estimate of drug-likeness (QED) is 0.439. The highest BCUT2D eigenvalue weighted by atomic mass is 19.1. The van der Waals surface area contributed by atoms with Crippen molar-refractivity contribution in [1.82, 2.24) is 0 Å². The molecule has 12 heavy (non-hydrogen) atoms. The van der Waals surface area contributed by atoms with Crippen LogP contribution in [0.15, 0.2) is 12.3 Å². The van der Waals surface area contributed by atoms with Gasteiger partial charge in [-0.05, 0) is 12.8 Å². The SMILES string of the molecule is C=C(O)CCCCCCCCF. The minimum Gasteiger partial charge on any atom is -0.513 e. The maximum atomic E-state index is 11.6. The highest BCUT2D eigenvalue weighted by molar-refractivity contribution is 4.77. The molecule has 0 aliphatic carbocycles. The van der Waals surface area contributed by atoms with Crippen molar-refractivity contribution in [2.45, 2.75) is 44.9 Å². The molecule has 0 unspecified atom stereocenters. The summed E-state index contributed by atoms with van der Waals surface area (Å²) in [5.41, 5.74) is 0. The Kier molecular flexibility index (Phi) is 8.19. The van der Waals surface area contributed by atoms with Gasteiger partial charge in [0, 0.05) is 6.42 Å². The van der Waals surface area contributed by atoms with Gasteiger partial charge in [-0.15, -0.1) is 0 Å². The van der Waals surface area contributed by atoms with E-state index >= 15 is 0 Å². The fourth-order valence-corrected chi connectivity index (χ4v) is 1.13. The molecule has 0 aliphatic rings. The lowest BCUT2D eigenvalue weighted by atomic mass is 10.1. The fourth-order valence-electron chi connectivity index (χ4n) is 1.13. The van der Waals surface area contributed by atoms with E-state index in [0.29, 0.717) is 12.8 Å². The van der Waals surface area contributed by atoms with Crippen molar-refractivity contribution in [3.8, 4) is 0 Å². The molecule has 0 saturated carbocycles. The van der Waals surface area contributed by atoms with Crippen LogP contribution in [0, 0.1) is 0 Å². The molecule has 0 aromatic heterocycles. The average Bonchev–Trinajstić information content (AvgIpc) is 2.02. The monoisotopic (exact) mass is 174 g/mol. The zero-order valence-corrected chi connectivity index (χ0v) is 7.69. The van der Waals surface area contributed by atoms with Crippen LogP contribution in [-0.4, -0.2) is 11.8 Å². The summed E-state index contributed by atoms with van der Waals surface area (Å²) in [6.45, 7) is 3.22. The Balaban J connectivity index is 2.86. The number of alkyl halides is 1. The zero-order chi connectivity index (χ0) is 9.23. The first-order valence-corrected chi connectivity index (χ1v) is 4.70. The number of rotatable bonds is 8. The second-order valence-corrected chi connectivity index (χ2v) is 3.13. The van der Waals surface area contributed by atoms with Gasteiger partial charge in [0.05, 0.1) is 12.4 Å². The summed E-state index contributed by atoms with van der Waals surface area (Å²) in [5, 5.41) is 8.75. The van der Waals surface area contributed by atoms with Gasteiger partial charge >= 0.3 is 0 Å². The molecule has 0 aromatic carbocycles. The normalized spacial score (nSPS) is 10.1. The van der Waals surface area contributed by atoms with Crippen molar-refractivity contribution in [3.63, 3.8) is 0 Å². The number of hydrogen-bond acceptors (Lipinski definition) is 1. The first-order valence-electron chi connectivity index (χ1n) is 4.70. The van der Waals surface area contributed by atoms with Gasteiger partial charge in [-0.1, -0.05) is 32.3 Å². The summed E-state index contributed by atoms with van der Waals surface area (Å²) in [6, 6.07) is 0. The molecule has 0 spiro atoms. The van der Waals surface area contributed by atoms with Gasteiger partial charge in [0.1, 0.15) is 0 Å². The molecule has 72 valence electrons. The molecule has 0 saturated heterocycles. The Labute approximate surface area is 74.3 Å². The number of aliphatic hydroxyl groups is 1. The van der Waals surface area contributed by atoms with Crippen molar-refractivity contribution < 1.29 is 9.50 Å². The van der Waals surface area contributed by atoms with Gasteiger partial charge in [0.15, 0.2) is 0 Å². The first-order chi connectivity index (χ1) is 5.77. The minimum absolute atomic E-state index is 0.187. The lowest BCUT2D eigenvalue weighted by Crippen LogP contribution is -1.83. The summed E-state index contributed by atoms with van der Waals surface area (Å²) < 4.78 is 11.6. The Bertz CT molecular complexity index is 112. The molecule has 0 radical (unpaired) electrons. The summed E-state index contributed by atoms with van der Waals surface area (Å²) >= 11 is 0. The molecule has 0 amide bonds. The molecular formula is C10H19FO. The van der Waals surface area contributed by atoms with Crippen LogP contribution in [0.2, 0.25) is 0 Å². The van der Waals surface area contributed by atoms with E-state index < -0.39 is 0 Å². The van der Waals surface area contributed by atoms with E-state index in [1.165, 1.54) is 0 Å². The maximum Gasteiger partial charge on any atom is 0.0894 e. The van der Waals surface area contributed by atoms with Crippen molar-refractivity contribution in [2.75, 3.05) is 6.67 Å². The van der Waals surface area contributed by atoms with Gasteiger partial charge in [0.2, 0.25) is 0 Å². The van der Waals surface area contributed by atoms with E-state index in [1.54, 1.807) is 0 Å². The molecule has 1 N–H and O–H groups in total. The third-order valence-electron chi connectivity index (χ3n) is 1.85. The lowest BCUT2D eigenvalue weighted by molar-refractivity contribution is 0.382. The topological polar surface area (TPSA) is 20.2 Å². The fraction of sp³-hybridized carbons (Fsp3) is 0.800. The Morgan fingerprint density at radius 1 is 1.00 bits per heavy atom. The van der Waals surface area contributed by atoms with E-state index in [2.05, 4.69) is 6.58 Å². The molecule has 0 heterocycles. The van der Waals surface area contributed by atoms with Crippen molar-refractivity contribution in [1.29, 1.82) is 0 Å². The van der Waals surface area contributed by atoms with Crippen molar-refractivity contribution in [2.24, 2.45) is 0 Å². The Morgan fingerprint density at radius 2 is 1.50 bits per heavy atom. The van der Waals surface area contributed by atoms with Gasteiger partial charge in [-0.25, -0.2) is 0 Å². The predicted octanol–water partition coefficient (Wildman–Crippen LogP) is 3.76. The van der Waals surface area contributed by atoms with Crippen LogP contribution in [0.3, 0.4) is 0 Å². The van der Waals surface area contributed by atoms with Crippen LogP contribution < -0.4 is 0 Å². The Morgan fingerprint density at radius 3 is 2.00 bits per heavy atom. The van der Waals surface area contributed by atoms with Crippen LogP contribution in [0.25, 0.3) is 0 Å². The smallest absolute Gasteiger partial charge is 0.0894 e. The molecule has 0 aromatic rings. The molecule has 0 bridgehead atoms. The number of hydrogen-bond donors (Lipinski definition) is 1. The molecule has 0 atom stereocenters. The number of aliphatic hydroxyl groups excluding tert-OH is 1. The van der Waals surface area contributed by atoms with Gasteiger partial charge in [-0.2, -0.15) is 0 Å². The van der Waals surface area contributed by atoms with Crippen LogP contribution in [-0.2, 0) is 0 Å². The largest absolute Gasteiger partial charge is 0.513 e. The standard InChI is InChI=1S/C10H19FO/c1-10(12)8-6-4-2-3-5-7-9-11/h12H,1-9H2. The summed E-state index contributed by atoms with van der Waals surface area (Å²) in [6.07, 6.45) is 6.79. The minimum atomic E-state index is -0.187. The highest BCUT2D eigenvalue weighted by Gasteiger charge is 1.92. The van der Waals surface area contributed by atoms with Crippen LogP contribution >= 0.6 is 0 Å². The molecule has 2 heteroatoms. The van der Waals surface area contributed by atoms with E-state index in [0.717, 1.165) is 32.1 Å². The molecule has 0 rings (SSSR count). The average molecular weight is 174 g/mol. The summed E-state index contributed by atoms with van der Waals surface area (Å²) in [7, 11) is 0. The third-order valence-corrected chi connectivity index (χ3v) is 1.85. The second-order valence-electron chi connectivity index (χ2n) is 3.13. The highest BCUT2D eigenvalue weighted by Crippen LogP contribution is 2.09. The van der Waals surface area contributed by atoms with Crippen LogP contribution in [0.1, 0.15) is 44.9 Å². The van der Waals surface area contributed by atoms with Crippen molar-refractivity contribution >= 4 is 0 Å². The number of halogens is 1. The first kappa shape index (κ1) is 11.5. The molecule has 0 fully saturated rings. The van der Waals surface area contributed by atoms with Gasteiger partial charge in [-0.3, -0.25) is 4.39 Å². The van der Waals surface area contributed by atoms with Crippen LogP contribution in [0.4, 0.5) is 4.39 Å². The molecule has 0 aliphatic heterocycles. The van der Waals surface area contributed by atoms with Gasteiger partial charge < -0.3 is 5.11 Å². The summed E-state index contributed by atoms with van der Waals surface area (Å²) in [5.74, 6) is 0.277. The number of unbranched alkanes of at least 4 members (excludes halogenated alkanes) is 5. The van der Waals surface area contributed by atoms with Crippen LogP contribution in [0.5, 0.6) is 0 Å². The summed E-state index contributed by atoms with van der Waals surface area (Å²) in [4.78, 5) is 0. The van der Waals surface area contributed by atoms with E-state index in [4.69, 9.17) is 5.11 Å². The third kappa shape index (κ3) is 9.47. The van der Waals surface area contributed by atoms with E-state index in [-0.39, 0.29) is 12.4 Å². The lowest BCUT2D eigenvalue weighted by Gasteiger charge is -1.99. The Hall–Kier alpha value is -0.530. The van der Waals surface area contributed by atoms with Crippen molar-refractivity contribution in [3.05, 3.63) is 12.3 Å². The molecular weight excluding hydrogens is 155 g/mol.